The van der Waals surface area contributed by atoms with Crippen LogP contribution in [-0.4, -0.2) is 73.0 Å². The zero-order chi connectivity index (χ0) is 23.4. The molecule has 11 heteroatoms. The predicted molar refractivity (Wildman–Crippen MR) is 125 cm³/mol. The monoisotopic (exact) mass is 418 g/mol. The molecule has 0 amide bonds. The lowest BCUT2D eigenvalue weighted by molar-refractivity contribution is -0.0151. The van der Waals surface area contributed by atoms with Gasteiger partial charge in [-0.1, -0.05) is 12.1 Å². The normalized spacial score (nSPS) is 11.3. The Labute approximate surface area is 184 Å². The molecule has 156 valence electrons. The average molecular weight is 418 g/mol. The van der Waals surface area contributed by atoms with Gasteiger partial charge in [0.1, 0.15) is 31.4 Å². The summed E-state index contributed by atoms with van der Waals surface area (Å²) in [6, 6.07) is 12.0. The molecule has 0 spiro atoms. The van der Waals surface area contributed by atoms with Crippen LogP contribution in [0.15, 0.2) is 48.5 Å². The number of hydrogen-bond acceptors (Lipinski definition) is 7. The molecule has 0 atom stereocenters. The first-order chi connectivity index (χ1) is 14.4. The van der Waals surface area contributed by atoms with Gasteiger partial charge < -0.3 is 14.2 Å². The van der Waals surface area contributed by atoms with Crippen LogP contribution >= 0.6 is 0 Å². The van der Waals surface area contributed by atoms with E-state index in [9.17, 15) is 19.2 Å². The Bertz CT molecular complexity index is 999. The Morgan fingerprint density at radius 3 is 1.19 bits per heavy atom. The van der Waals surface area contributed by atoms with Crippen LogP contribution in [0.2, 0.25) is 0 Å². The number of rotatable bonds is 7. The van der Waals surface area contributed by atoms with Crippen molar-refractivity contribution in [2.24, 2.45) is 0 Å². The molecule has 0 fully saturated rings. The van der Waals surface area contributed by atoms with Crippen LogP contribution in [0, 0.1) is 0 Å². The third-order valence-electron chi connectivity index (χ3n) is 5.21. The van der Waals surface area contributed by atoms with Crippen molar-refractivity contribution in [2.45, 2.75) is 17.7 Å². The van der Waals surface area contributed by atoms with E-state index in [1.165, 1.54) is 50.4 Å². The molecule has 31 heavy (non-hydrogen) atoms. The number of esters is 3. The summed E-state index contributed by atoms with van der Waals surface area (Å²) < 4.78 is 15.9. The van der Waals surface area contributed by atoms with Crippen molar-refractivity contribution in [3.63, 3.8) is 0 Å². The minimum absolute atomic E-state index is 0.104. The minimum atomic E-state index is -1.18. The van der Waals surface area contributed by atoms with E-state index in [-0.39, 0.29) is 16.9 Å². The van der Waals surface area contributed by atoms with Gasteiger partial charge >= 0.3 is 17.9 Å². The van der Waals surface area contributed by atoms with Crippen LogP contribution in [0.4, 0.5) is 0 Å². The first-order valence-electron chi connectivity index (χ1n) is 9.64. The fourth-order valence-electron chi connectivity index (χ4n) is 2.53. The van der Waals surface area contributed by atoms with Gasteiger partial charge in [-0.25, -0.2) is 14.4 Å². The molecule has 0 bridgehead atoms. The standard InChI is InChI=1S/C20H22B4O7/c1-11(25)12-3-5-14(6-4-12)17(27)30-19(21,22)20(23,24)31-18(28)15-9-7-13(8-10-15)16(26)29-2/h3-10H,21-24H2,1-2H3. The van der Waals surface area contributed by atoms with Crippen molar-refractivity contribution in [2.75, 3.05) is 7.11 Å². The van der Waals surface area contributed by atoms with E-state index in [2.05, 4.69) is 4.74 Å². The summed E-state index contributed by atoms with van der Waals surface area (Å²) in [5, 5.41) is -2.36. The number of hydrogen-bond donors (Lipinski definition) is 0. The molecule has 0 heterocycles. The number of ether oxygens (including phenoxy) is 3. The molecule has 0 aromatic heterocycles. The second-order valence-electron chi connectivity index (χ2n) is 8.00. The molecule has 0 saturated carbocycles. The Morgan fingerprint density at radius 2 is 0.903 bits per heavy atom. The molecule has 2 aromatic carbocycles. The number of ketones is 1. The summed E-state index contributed by atoms with van der Waals surface area (Å²) >= 11 is 0. The lowest BCUT2D eigenvalue weighted by Crippen LogP contribution is -2.61. The molecule has 0 radical (unpaired) electrons. The van der Waals surface area contributed by atoms with Gasteiger partial charge in [0.2, 0.25) is 0 Å². The Kier molecular flexibility index (Phi) is 7.20. The van der Waals surface area contributed by atoms with Gasteiger partial charge in [-0.05, 0) is 43.3 Å². The van der Waals surface area contributed by atoms with Gasteiger partial charge in [-0.2, -0.15) is 0 Å². The van der Waals surface area contributed by atoms with Crippen LogP contribution in [0.3, 0.4) is 0 Å². The second kappa shape index (κ2) is 9.29. The fraction of sp³-hybridized carbons (Fsp3) is 0.200. The van der Waals surface area contributed by atoms with Crippen LogP contribution in [0.5, 0.6) is 0 Å². The summed E-state index contributed by atoms with van der Waals surface area (Å²) in [6.45, 7) is 1.44. The molecule has 0 aliphatic heterocycles. The molecule has 0 saturated heterocycles. The van der Waals surface area contributed by atoms with Gasteiger partial charge in [0.05, 0.1) is 34.6 Å². The maximum atomic E-state index is 12.6. The summed E-state index contributed by atoms with van der Waals surface area (Å²) in [5.74, 6) is -1.85. The molecule has 0 aliphatic rings. The van der Waals surface area contributed by atoms with Gasteiger partial charge in [0.15, 0.2) is 5.78 Å². The molecule has 7 nitrogen and oxygen atoms in total. The molecule has 0 unspecified atom stereocenters. The summed E-state index contributed by atoms with van der Waals surface area (Å²) in [6.07, 6.45) is 0. The van der Waals surface area contributed by atoms with Gasteiger partial charge in [0, 0.05) is 5.56 Å². The van der Waals surface area contributed by atoms with E-state index in [0.29, 0.717) is 11.1 Å². The number of benzene rings is 2. The number of Topliss-reactive ketones (excluding diaryl/α,β-unsaturated/α-hetero) is 1. The van der Waals surface area contributed by atoms with Crippen LogP contribution in [-0.2, 0) is 14.2 Å². The van der Waals surface area contributed by atoms with Crippen LogP contribution < -0.4 is 0 Å². The van der Waals surface area contributed by atoms with E-state index in [4.69, 9.17) is 9.47 Å². The molecule has 0 aliphatic carbocycles. The summed E-state index contributed by atoms with van der Waals surface area (Å²) in [4.78, 5) is 48.1. The van der Waals surface area contributed by atoms with E-state index < -0.39 is 28.7 Å². The highest BCUT2D eigenvalue weighted by molar-refractivity contribution is 6.54. The number of carbonyl (C=O) groups excluding carboxylic acids is 4. The van der Waals surface area contributed by atoms with Crippen LogP contribution in [0.25, 0.3) is 0 Å². The molecule has 2 aromatic rings. The average Bonchev–Trinajstić information content (AvgIpc) is 2.72. The smallest absolute Gasteiger partial charge is 0.337 e. The minimum Gasteiger partial charge on any atom is -0.472 e. The Balaban J connectivity index is 2.11. The van der Waals surface area contributed by atoms with Crippen molar-refractivity contribution >= 4 is 55.1 Å². The van der Waals surface area contributed by atoms with Gasteiger partial charge in [-0.15, -0.1) is 0 Å². The molecular formula is C20H22B4O7. The van der Waals surface area contributed by atoms with E-state index in [1.807, 2.05) is 0 Å². The topological polar surface area (TPSA) is 96.0 Å². The first-order valence-corrected chi connectivity index (χ1v) is 9.64. The van der Waals surface area contributed by atoms with Crippen LogP contribution in [0.1, 0.15) is 48.4 Å². The molecule has 2 rings (SSSR count). The van der Waals surface area contributed by atoms with E-state index >= 15 is 0 Å². The molecule has 0 N–H and O–H groups in total. The van der Waals surface area contributed by atoms with Crippen molar-refractivity contribution < 1.29 is 33.4 Å². The van der Waals surface area contributed by atoms with E-state index in [1.54, 1.807) is 43.5 Å². The Hall–Kier alpha value is -3.22. The number of carbonyl (C=O) groups is 4. The zero-order valence-corrected chi connectivity index (χ0v) is 18.5. The SMILES string of the molecule is BC(B)(OC(=O)c1ccc(C(C)=O)cc1)C(B)(B)OC(=O)c1ccc(C(=O)OC)cc1. The van der Waals surface area contributed by atoms with Gasteiger partial charge in [-0.3, -0.25) is 4.79 Å². The van der Waals surface area contributed by atoms with Crippen molar-refractivity contribution in [1.29, 1.82) is 0 Å². The predicted octanol–water partition coefficient (Wildman–Crippen LogP) is -1.47. The van der Waals surface area contributed by atoms with Crippen molar-refractivity contribution in [1.82, 2.24) is 0 Å². The molecular weight excluding hydrogens is 395 g/mol. The highest BCUT2D eigenvalue weighted by Gasteiger charge is 2.43. The third kappa shape index (κ3) is 5.69. The Morgan fingerprint density at radius 1 is 0.613 bits per heavy atom. The first kappa shape index (κ1) is 24.1. The van der Waals surface area contributed by atoms with Crippen molar-refractivity contribution in [3.05, 3.63) is 70.8 Å². The highest BCUT2D eigenvalue weighted by Crippen LogP contribution is 2.22. The lowest BCUT2D eigenvalue weighted by atomic mass is 9.42. The van der Waals surface area contributed by atoms with E-state index in [0.717, 1.165) is 0 Å². The maximum Gasteiger partial charge on any atom is 0.337 e. The zero-order valence-electron chi connectivity index (χ0n) is 18.5. The highest BCUT2D eigenvalue weighted by atomic mass is 16.6. The summed E-state index contributed by atoms with van der Waals surface area (Å²) in [5.41, 5.74) is 1.31. The lowest BCUT2D eigenvalue weighted by Gasteiger charge is -2.41. The summed E-state index contributed by atoms with van der Waals surface area (Å²) in [7, 11) is 7.83. The quantitative estimate of drug-likeness (QED) is 0.235. The second-order valence-corrected chi connectivity index (χ2v) is 8.00. The fourth-order valence-corrected chi connectivity index (χ4v) is 2.53. The largest absolute Gasteiger partial charge is 0.472 e. The van der Waals surface area contributed by atoms with Gasteiger partial charge in [0.25, 0.3) is 0 Å². The maximum absolute atomic E-state index is 12.6. The van der Waals surface area contributed by atoms with Crippen molar-refractivity contribution in [3.8, 4) is 0 Å². The third-order valence-corrected chi connectivity index (χ3v) is 5.21. The number of methoxy groups -OCH3 is 1.